The van der Waals surface area contributed by atoms with E-state index < -0.39 is 0 Å². The summed E-state index contributed by atoms with van der Waals surface area (Å²) in [5.41, 5.74) is 0.990. The van der Waals surface area contributed by atoms with Crippen molar-refractivity contribution in [3.63, 3.8) is 0 Å². The maximum absolute atomic E-state index is 4.98. The van der Waals surface area contributed by atoms with E-state index in [0.29, 0.717) is 12.5 Å². The Morgan fingerprint density at radius 2 is 2.31 bits per heavy atom. The minimum Gasteiger partial charge on any atom is -0.481 e. The quantitative estimate of drug-likeness (QED) is 0.694. The zero-order valence-electron chi connectivity index (χ0n) is 7.91. The van der Waals surface area contributed by atoms with Gasteiger partial charge in [-0.25, -0.2) is 4.98 Å². The van der Waals surface area contributed by atoms with Crippen LogP contribution in [0.2, 0.25) is 0 Å². The molecule has 1 heterocycles. The molecule has 13 heavy (non-hydrogen) atoms. The van der Waals surface area contributed by atoms with Crippen LogP contribution < -0.4 is 10.1 Å². The summed E-state index contributed by atoms with van der Waals surface area (Å²) in [6.45, 7) is 1.47. The lowest BCUT2D eigenvalue weighted by molar-refractivity contribution is 0.211. The Bertz CT molecular complexity index is 253. The van der Waals surface area contributed by atoms with Gasteiger partial charge in [-0.1, -0.05) is 0 Å². The fraction of sp³-hybridized carbons (Fsp3) is 0.444. The van der Waals surface area contributed by atoms with Gasteiger partial charge in [0, 0.05) is 31.6 Å². The molecule has 1 aromatic heterocycles. The van der Waals surface area contributed by atoms with Crippen molar-refractivity contribution < 1.29 is 9.47 Å². The lowest BCUT2D eigenvalue weighted by Crippen LogP contribution is -2.07. The van der Waals surface area contributed by atoms with Crippen molar-refractivity contribution in [3.8, 4) is 5.88 Å². The minimum absolute atomic E-state index is 0.613. The van der Waals surface area contributed by atoms with Crippen LogP contribution in [0.15, 0.2) is 18.3 Å². The second-order valence-corrected chi connectivity index (χ2v) is 2.51. The number of nitrogens with one attached hydrogen (secondary N) is 1. The standard InChI is InChI=1S/C9H14N2O2/c1-12-6-5-10-8-3-4-11-9(7-8)13-2/h3-4,7H,5-6H2,1-2H3,(H,10,11). The SMILES string of the molecule is COCCNc1ccnc(OC)c1. The van der Waals surface area contributed by atoms with Crippen molar-refractivity contribution in [2.24, 2.45) is 0 Å². The van der Waals surface area contributed by atoms with Gasteiger partial charge in [-0.15, -0.1) is 0 Å². The van der Waals surface area contributed by atoms with Gasteiger partial charge in [-0.05, 0) is 6.07 Å². The molecule has 0 aliphatic carbocycles. The molecule has 0 saturated carbocycles. The molecule has 0 aromatic carbocycles. The van der Waals surface area contributed by atoms with Crippen molar-refractivity contribution in [1.29, 1.82) is 0 Å². The molecule has 0 aliphatic rings. The average molecular weight is 182 g/mol. The van der Waals surface area contributed by atoms with Crippen LogP contribution >= 0.6 is 0 Å². The van der Waals surface area contributed by atoms with E-state index in [1.807, 2.05) is 12.1 Å². The van der Waals surface area contributed by atoms with Gasteiger partial charge in [0.15, 0.2) is 0 Å². The third-order valence-corrected chi connectivity index (χ3v) is 1.58. The second-order valence-electron chi connectivity index (χ2n) is 2.51. The topological polar surface area (TPSA) is 43.4 Å². The van der Waals surface area contributed by atoms with Gasteiger partial charge in [0.2, 0.25) is 5.88 Å². The summed E-state index contributed by atoms with van der Waals surface area (Å²) in [6.07, 6.45) is 1.70. The Balaban J connectivity index is 2.46. The average Bonchev–Trinajstić information content (AvgIpc) is 2.19. The van der Waals surface area contributed by atoms with E-state index in [1.165, 1.54) is 0 Å². The molecular formula is C9H14N2O2. The Morgan fingerprint density at radius 1 is 1.46 bits per heavy atom. The largest absolute Gasteiger partial charge is 0.481 e. The van der Waals surface area contributed by atoms with E-state index in [-0.39, 0.29) is 0 Å². The van der Waals surface area contributed by atoms with Crippen molar-refractivity contribution >= 4 is 5.69 Å². The van der Waals surface area contributed by atoms with Gasteiger partial charge in [0.1, 0.15) is 0 Å². The first-order valence-corrected chi connectivity index (χ1v) is 4.09. The summed E-state index contributed by atoms with van der Waals surface area (Å²) in [6, 6.07) is 3.73. The molecule has 72 valence electrons. The monoisotopic (exact) mass is 182 g/mol. The molecule has 4 nitrogen and oxygen atoms in total. The van der Waals surface area contributed by atoms with Crippen LogP contribution in [0.4, 0.5) is 5.69 Å². The molecule has 0 amide bonds. The summed E-state index contributed by atoms with van der Waals surface area (Å²) in [7, 11) is 3.27. The number of nitrogens with zero attached hydrogens (tertiary/aromatic N) is 1. The number of ether oxygens (including phenoxy) is 2. The highest BCUT2D eigenvalue weighted by atomic mass is 16.5. The third-order valence-electron chi connectivity index (χ3n) is 1.58. The van der Waals surface area contributed by atoms with E-state index in [2.05, 4.69) is 10.3 Å². The first kappa shape index (κ1) is 9.80. The van der Waals surface area contributed by atoms with Crippen LogP contribution in [0.1, 0.15) is 0 Å². The predicted octanol–water partition coefficient (Wildman–Crippen LogP) is 1.15. The maximum Gasteiger partial charge on any atom is 0.214 e. The van der Waals surface area contributed by atoms with Crippen molar-refractivity contribution in [3.05, 3.63) is 18.3 Å². The number of hydrogen-bond donors (Lipinski definition) is 1. The molecule has 0 saturated heterocycles. The molecule has 0 spiro atoms. The number of methoxy groups -OCH3 is 2. The van der Waals surface area contributed by atoms with Crippen LogP contribution in [0.25, 0.3) is 0 Å². The molecule has 0 radical (unpaired) electrons. The van der Waals surface area contributed by atoms with Gasteiger partial charge in [-0.3, -0.25) is 0 Å². The van der Waals surface area contributed by atoms with Gasteiger partial charge in [-0.2, -0.15) is 0 Å². The van der Waals surface area contributed by atoms with Crippen LogP contribution in [-0.2, 0) is 4.74 Å². The molecule has 0 bridgehead atoms. The van der Waals surface area contributed by atoms with E-state index in [0.717, 1.165) is 12.2 Å². The first-order chi connectivity index (χ1) is 6.36. The van der Waals surface area contributed by atoms with Crippen LogP contribution in [0.5, 0.6) is 5.88 Å². The van der Waals surface area contributed by atoms with Crippen molar-refractivity contribution in [2.75, 3.05) is 32.7 Å². The van der Waals surface area contributed by atoms with E-state index >= 15 is 0 Å². The van der Waals surface area contributed by atoms with Gasteiger partial charge in [0.05, 0.1) is 13.7 Å². The normalized spacial score (nSPS) is 9.69. The zero-order chi connectivity index (χ0) is 9.52. The number of hydrogen-bond acceptors (Lipinski definition) is 4. The smallest absolute Gasteiger partial charge is 0.214 e. The lowest BCUT2D eigenvalue weighted by Gasteiger charge is -2.06. The second kappa shape index (κ2) is 5.37. The molecule has 0 fully saturated rings. The Morgan fingerprint density at radius 3 is 3.00 bits per heavy atom. The lowest BCUT2D eigenvalue weighted by atomic mass is 10.4. The Labute approximate surface area is 77.9 Å². The molecule has 0 atom stereocenters. The van der Waals surface area contributed by atoms with Crippen LogP contribution in [-0.4, -0.2) is 32.4 Å². The van der Waals surface area contributed by atoms with Crippen molar-refractivity contribution in [2.45, 2.75) is 0 Å². The molecule has 0 aliphatic heterocycles. The molecule has 1 rings (SSSR count). The Kier molecular flexibility index (Phi) is 4.05. The zero-order valence-corrected chi connectivity index (χ0v) is 7.91. The highest BCUT2D eigenvalue weighted by molar-refractivity contribution is 5.44. The summed E-state index contributed by atoms with van der Waals surface area (Å²) in [4.78, 5) is 3.99. The van der Waals surface area contributed by atoms with Gasteiger partial charge in [0.25, 0.3) is 0 Å². The van der Waals surface area contributed by atoms with E-state index in [4.69, 9.17) is 9.47 Å². The number of aromatic nitrogens is 1. The highest BCUT2D eigenvalue weighted by Crippen LogP contribution is 2.12. The summed E-state index contributed by atoms with van der Waals surface area (Å²) < 4.78 is 9.89. The molecular weight excluding hydrogens is 168 g/mol. The minimum atomic E-state index is 0.613. The molecule has 1 aromatic rings. The summed E-state index contributed by atoms with van der Waals surface area (Å²) in [5, 5.41) is 3.18. The van der Waals surface area contributed by atoms with Crippen LogP contribution in [0.3, 0.4) is 0 Å². The third kappa shape index (κ3) is 3.29. The molecule has 1 N–H and O–H groups in total. The first-order valence-electron chi connectivity index (χ1n) is 4.09. The van der Waals surface area contributed by atoms with Crippen LogP contribution in [0, 0.1) is 0 Å². The molecule has 4 heteroatoms. The predicted molar refractivity (Wildman–Crippen MR) is 51.2 cm³/mol. The Hall–Kier alpha value is -1.29. The maximum atomic E-state index is 4.98. The fourth-order valence-corrected chi connectivity index (χ4v) is 0.928. The van der Waals surface area contributed by atoms with E-state index in [9.17, 15) is 0 Å². The highest BCUT2D eigenvalue weighted by Gasteiger charge is 1.94. The number of rotatable bonds is 5. The van der Waals surface area contributed by atoms with Gasteiger partial charge >= 0.3 is 0 Å². The van der Waals surface area contributed by atoms with E-state index in [1.54, 1.807) is 20.4 Å². The fourth-order valence-electron chi connectivity index (χ4n) is 0.928. The number of pyridine rings is 1. The van der Waals surface area contributed by atoms with Crippen molar-refractivity contribution in [1.82, 2.24) is 4.98 Å². The molecule has 0 unspecified atom stereocenters. The number of anilines is 1. The summed E-state index contributed by atoms with van der Waals surface area (Å²) >= 11 is 0. The summed E-state index contributed by atoms with van der Waals surface area (Å²) in [5.74, 6) is 0.613. The van der Waals surface area contributed by atoms with Gasteiger partial charge < -0.3 is 14.8 Å².